The third kappa shape index (κ3) is 3.35. The molecule has 0 saturated heterocycles. The summed E-state index contributed by atoms with van der Waals surface area (Å²) >= 11 is 7.25. The van der Waals surface area contributed by atoms with Crippen LogP contribution >= 0.6 is 22.9 Å². The summed E-state index contributed by atoms with van der Waals surface area (Å²) in [5.41, 5.74) is 2.36. The summed E-state index contributed by atoms with van der Waals surface area (Å²) in [5.74, 6) is -0.0550. The van der Waals surface area contributed by atoms with E-state index in [4.69, 9.17) is 11.6 Å². The van der Waals surface area contributed by atoms with Crippen LogP contribution in [0.1, 0.15) is 15.5 Å². The monoisotopic (exact) mass is 314 g/mol. The highest BCUT2D eigenvalue weighted by Crippen LogP contribution is 2.22. The first-order valence-corrected chi connectivity index (χ1v) is 7.63. The molecule has 0 saturated carbocycles. The van der Waals surface area contributed by atoms with Crippen LogP contribution in [0.4, 0.5) is 0 Å². The van der Waals surface area contributed by atoms with E-state index in [1.807, 2.05) is 35.7 Å². The topological polar surface area (TPSA) is 42.9 Å². The van der Waals surface area contributed by atoms with Gasteiger partial charge in [-0.3, -0.25) is 9.78 Å². The van der Waals surface area contributed by atoms with Crippen LogP contribution in [0, 0.1) is 0 Å². The molecule has 104 valence electrons. The van der Waals surface area contributed by atoms with Crippen LogP contribution in [0.5, 0.6) is 0 Å². The molecule has 0 aliphatic heterocycles. The molecule has 1 aromatic carbocycles. The summed E-state index contributed by atoms with van der Waals surface area (Å²) in [5, 5.41) is 3.27. The van der Waals surface area contributed by atoms with Crippen LogP contribution in [0.25, 0.3) is 11.3 Å². The number of hydrogen-bond acceptors (Lipinski definition) is 4. The van der Waals surface area contributed by atoms with Crippen molar-refractivity contribution < 1.29 is 4.79 Å². The maximum atomic E-state index is 12.1. The molecule has 0 aliphatic rings. The largest absolute Gasteiger partial charge is 0.292 e. The van der Waals surface area contributed by atoms with Gasteiger partial charge >= 0.3 is 0 Å². The summed E-state index contributed by atoms with van der Waals surface area (Å²) in [6.45, 7) is 0. The van der Waals surface area contributed by atoms with E-state index in [1.165, 1.54) is 17.5 Å². The number of pyridine rings is 1. The Kier molecular flexibility index (Phi) is 4.08. The highest BCUT2D eigenvalue weighted by Gasteiger charge is 2.12. The van der Waals surface area contributed by atoms with Crippen LogP contribution in [-0.2, 0) is 6.42 Å². The molecule has 3 aromatic rings. The van der Waals surface area contributed by atoms with Gasteiger partial charge in [0, 0.05) is 17.1 Å². The fourth-order valence-corrected chi connectivity index (χ4v) is 2.82. The van der Waals surface area contributed by atoms with Gasteiger partial charge in [0.2, 0.25) is 0 Å². The number of nitrogens with zero attached hydrogens (tertiary/aromatic N) is 2. The summed E-state index contributed by atoms with van der Waals surface area (Å²) in [6.07, 6.45) is 1.73. The normalized spacial score (nSPS) is 10.5. The number of benzene rings is 1. The summed E-state index contributed by atoms with van der Waals surface area (Å²) < 4.78 is 0. The van der Waals surface area contributed by atoms with Crippen molar-refractivity contribution in [2.75, 3.05) is 0 Å². The van der Waals surface area contributed by atoms with Gasteiger partial charge < -0.3 is 0 Å². The molecular weight excluding hydrogens is 304 g/mol. The minimum Gasteiger partial charge on any atom is -0.292 e. The Labute approximate surface area is 131 Å². The minimum absolute atomic E-state index is 0.0550. The van der Waals surface area contributed by atoms with Gasteiger partial charge in [-0.25, -0.2) is 4.98 Å². The zero-order chi connectivity index (χ0) is 14.7. The molecule has 3 rings (SSSR count). The molecule has 0 spiro atoms. The molecule has 2 aromatic heterocycles. The summed E-state index contributed by atoms with van der Waals surface area (Å²) in [4.78, 5) is 20.7. The molecule has 5 heteroatoms. The van der Waals surface area contributed by atoms with Crippen LogP contribution in [-0.4, -0.2) is 15.8 Å². The lowest BCUT2D eigenvalue weighted by atomic mass is 10.2. The van der Waals surface area contributed by atoms with E-state index in [1.54, 1.807) is 12.1 Å². The van der Waals surface area contributed by atoms with Gasteiger partial charge in [0.15, 0.2) is 5.78 Å². The molecule has 0 radical (unpaired) electrons. The molecule has 0 aliphatic carbocycles. The van der Waals surface area contributed by atoms with E-state index in [2.05, 4.69) is 9.97 Å². The van der Waals surface area contributed by atoms with Gasteiger partial charge in [0.1, 0.15) is 10.7 Å². The molecule has 2 heterocycles. The zero-order valence-corrected chi connectivity index (χ0v) is 12.6. The van der Waals surface area contributed by atoms with Crippen molar-refractivity contribution in [2.45, 2.75) is 6.42 Å². The van der Waals surface area contributed by atoms with Crippen molar-refractivity contribution in [3.8, 4) is 11.3 Å². The second kappa shape index (κ2) is 6.16. The Morgan fingerprint density at radius 3 is 2.67 bits per heavy atom. The van der Waals surface area contributed by atoms with Crippen LogP contribution in [0.15, 0.2) is 54.0 Å². The fraction of sp³-hybridized carbons (Fsp3) is 0.0625. The Bertz CT molecular complexity index is 753. The Balaban J connectivity index is 1.75. The Hall–Kier alpha value is -2.04. The first-order valence-electron chi connectivity index (χ1n) is 6.37. The third-order valence-electron chi connectivity index (χ3n) is 2.95. The van der Waals surface area contributed by atoms with Gasteiger partial charge in [-0.2, -0.15) is 0 Å². The highest BCUT2D eigenvalue weighted by molar-refractivity contribution is 7.10. The molecule has 0 bridgehead atoms. The number of ketones is 1. The first-order chi connectivity index (χ1) is 10.2. The molecular formula is C16H11ClN2OS. The van der Waals surface area contributed by atoms with Gasteiger partial charge in [0.05, 0.1) is 17.1 Å². The molecule has 3 nitrogen and oxygen atoms in total. The van der Waals surface area contributed by atoms with Crippen LogP contribution < -0.4 is 0 Å². The van der Waals surface area contributed by atoms with Gasteiger partial charge in [-0.1, -0.05) is 41.9 Å². The number of carbonyl (C=O) groups excluding carboxylic acids is 1. The lowest BCUT2D eigenvalue weighted by Crippen LogP contribution is -2.05. The third-order valence-corrected chi connectivity index (χ3v) is 4.02. The quantitative estimate of drug-likeness (QED) is 0.675. The van der Waals surface area contributed by atoms with Crippen molar-refractivity contribution in [2.24, 2.45) is 0 Å². The zero-order valence-electron chi connectivity index (χ0n) is 11.0. The molecule has 0 unspecified atom stereocenters. The summed E-state index contributed by atoms with van der Waals surface area (Å²) in [7, 11) is 0. The first kappa shape index (κ1) is 13.9. The Morgan fingerprint density at radius 2 is 1.95 bits per heavy atom. The molecule has 0 atom stereocenters. The number of Topliss-reactive ketones (excluding diaryl/α,β-unsaturated/α-hetero) is 1. The lowest BCUT2D eigenvalue weighted by Gasteiger charge is -1.98. The van der Waals surface area contributed by atoms with E-state index in [0.29, 0.717) is 10.7 Å². The molecule has 21 heavy (non-hydrogen) atoms. The highest BCUT2D eigenvalue weighted by atomic mass is 35.5. The predicted octanol–water partition coefficient (Wildman–Crippen LogP) is 4.28. The number of halogens is 1. The number of hydrogen-bond donors (Lipinski definition) is 0. The fourth-order valence-electron chi connectivity index (χ4n) is 1.90. The Morgan fingerprint density at radius 1 is 1.14 bits per heavy atom. The van der Waals surface area contributed by atoms with Crippen molar-refractivity contribution in [3.63, 3.8) is 0 Å². The number of rotatable bonds is 4. The average Bonchev–Trinajstić information content (AvgIpc) is 2.97. The van der Waals surface area contributed by atoms with Crippen molar-refractivity contribution in [1.82, 2.24) is 9.97 Å². The van der Waals surface area contributed by atoms with E-state index < -0.39 is 0 Å². The molecule has 0 N–H and O–H groups in total. The standard InChI is InChI=1S/C16H11ClN2OS/c17-12-6-7-13(18-9-12)15(20)8-16-19-14(10-21-16)11-4-2-1-3-5-11/h1-7,9-10H,8H2. The van der Waals surface area contributed by atoms with E-state index >= 15 is 0 Å². The maximum absolute atomic E-state index is 12.1. The smallest absolute Gasteiger partial charge is 0.187 e. The van der Waals surface area contributed by atoms with Crippen LogP contribution in [0.2, 0.25) is 5.02 Å². The maximum Gasteiger partial charge on any atom is 0.187 e. The average molecular weight is 315 g/mol. The minimum atomic E-state index is -0.0550. The second-order valence-corrected chi connectivity index (χ2v) is 5.83. The predicted molar refractivity (Wildman–Crippen MR) is 84.8 cm³/mol. The van der Waals surface area contributed by atoms with Crippen molar-refractivity contribution in [3.05, 3.63) is 69.8 Å². The van der Waals surface area contributed by atoms with Crippen molar-refractivity contribution in [1.29, 1.82) is 0 Å². The van der Waals surface area contributed by atoms with Gasteiger partial charge in [0.25, 0.3) is 0 Å². The second-order valence-electron chi connectivity index (χ2n) is 4.45. The van der Waals surface area contributed by atoms with Crippen molar-refractivity contribution >= 4 is 28.7 Å². The number of carbonyl (C=O) groups is 1. The summed E-state index contributed by atoms with van der Waals surface area (Å²) in [6, 6.07) is 13.2. The van der Waals surface area contributed by atoms with Crippen LogP contribution in [0.3, 0.4) is 0 Å². The number of aromatic nitrogens is 2. The van der Waals surface area contributed by atoms with Gasteiger partial charge in [-0.15, -0.1) is 11.3 Å². The molecule has 0 amide bonds. The van der Waals surface area contributed by atoms with E-state index in [0.717, 1.165) is 16.3 Å². The van der Waals surface area contributed by atoms with E-state index in [9.17, 15) is 4.79 Å². The lowest BCUT2D eigenvalue weighted by molar-refractivity contribution is 0.0988. The van der Waals surface area contributed by atoms with E-state index in [-0.39, 0.29) is 12.2 Å². The SMILES string of the molecule is O=C(Cc1nc(-c2ccccc2)cs1)c1ccc(Cl)cn1. The van der Waals surface area contributed by atoms with Gasteiger partial charge in [-0.05, 0) is 12.1 Å². The molecule has 0 fully saturated rings. The number of thiazole rings is 1.